The van der Waals surface area contributed by atoms with Gasteiger partial charge in [-0.2, -0.15) is 13.2 Å². The van der Waals surface area contributed by atoms with Gasteiger partial charge >= 0.3 is 6.18 Å². The van der Waals surface area contributed by atoms with Gasteiger partial charge in [-0.15, -0.1) is 0 Å². The third-order valence-electron chi connectivity index (χ3n) is 3.37. The Labute approximate surface area is 153 Å². The van der Waals surface area contributed by atoms with Crippen molar-refractivity contribution in [1.29, 1.82) is 0 Å². The van der Waals surface area contributed by atoms with E-state index in [1.54, 1.807) is 31.2 Å². The van der Waals surface area contributed by atoms with Crippen LogP contribution in [-0.4, -0.2) is 36.9 Å². The second-order valence-corrected chi connectivity index (χ2v) is 5.79. The zero-order valence-electron chi connectivity index (χ0n) is 13.9. The fourth-order valence-corrected chi connectivity index (χ4v) is 2.10. The molecule has 1 heterocycles. The number of amides is 1. The van der Waals surface area contributed by atoms with Gasteiger partial charge in [0, 0.05) is 17.7 Å². The molecule has 0 aliphatic rings. The molecule has 0 aliphatic carbocycles. The van der Waals surface area contributed by atoms with Gasteiger partial charge in [0.05, 0.1) is 11.9 Å². The number of benzene rings is 1. The maximum Gasteiger partial charge on any atom is 0.422 e. The second kappa shape index (κ2) is 8.37. The SMILES string of the molecule is CO[C@H](C)C(=O)Nc1cnc(OCC(F)(F)F)c(-c2ccc(Cl)cc2)c1. The zero-order valence-corrected chi connectivity index (χ0v) is 14.7. The Morgan fingerprint density at radius 3 is 2.54 bits per heavy atom. The lowest BCUT2D eigenvalue weighted by Gasteiger charge is -2.15. The minimum atomic E-state index is -4.50. The second-order valence-electron chi connectivity index (χ2n) is 5.35. The van der Waals surface area contributed by atoms with Gasteiger partial charge in [-0.3, -0.25) is 4.79 Å². The molecule has 1 aromatic heterocycles. The topological polar surface area (TPSA) is 60.5 Å². The Morgan fingerprint density at radius 1 is 1.31 bits per heavy atom. The van der Waals surface area contributed by atoms with Crippen molar-refractivity contribution in [3.8, 4) is 17.0 Å². The molecular formula is C17H16ClF3N2O3. The fraction of sp³-hybridized carbons (Fsp3) is 0.294. The van der Waals surface area contributed by atoms with Crippen LogP contribution in [0.25, 0.3) is 11.1 Å². The zero-order chi connectivity index (χ0) is 19.3. The van der Waals surface area contributed by atoms with Gasteiger partial charge in [0.1, 0.15) is 6.10 Å². The molecule has 5 nitrogen and oxygen atoms in total. The lowest BCUT2D eigenvalue weighted by atomic mass is 10.1. The average Bonchev–Trinajstić information content (AvgIpc) is 2.59. The van der Waals surface area contributed by atoms with Gasteiger partial charge in [-0.1, -0.05) is 23.7 Å². The summed E-state index contributed by atoms with van der Waals surface area (Å²) in [5.41, 5.74) is 1.12. The van der Waals surface area contributed by atoms with Crippen LogP contribution in [-0.2, 0) is 9.53 Å². The lowest BCUT2D eigenvalue weighted by molar-refractivity contribution is -0.154. The number of methoxy groups -OCH3 is 1. The number of aromatic nitrogens is 1. The van der Waals surface area contributed by atoms with Gasteiger partial charge in [0.15, 0.2) is 6.61 Å². The van der Waals surface area contributed by atoms with Crippen LogP contribution in [0.4, 0.5) is 18.9 Å². The number of anilines is 1. The molecule has 2 rings (SSSR count). The summed E-state index contributed by atoms with van der Waals surface area (Å²) < 4.78 is 47.1. The molecule has 1 amide bonds. The molecule has 1 atom stereocenters. The molecule has 140 valence electrons. The van der Waals surface area contributed by atoms with E-state index in [0.29, 0.717) is 16.3 Å². The number of rotatable bonds is 6. The highest BCUT2D eigenvalue weighted by Crippen LogP contribution is 2.32. The lowest BCUT2D eigenvalue weighted by Crippen LogP contribution is -2.26. The van der Waals surface area contributed by atoms with Crippen molar-refractivity contribution in [2.24, 2.45) is 0 Å². The Balaban J connectivity index is 2.36. The minimum Gasteiger partial charge on any atom is -0.468 e. The van der Waals surface area contributed by atoms with Crippen molar-refractivity contribution in [2.75, 3.05) is 19.0 Å². The molecule has 0 fully saturated rings. The van der Waals surface area contributed by atoms with Crippen LogP contribution in [0.3, 0.4) is 0 Å². The van der Waals surface area contributed by atoms with E-state index < -0.39 is 24.8 Å². The maximum atomic E-state index is 12.5. The van der Waals surface area contributed by atoms with Crippen molar-refractivity contribution in [3.05, 3.63) is 41.6 Å². The highest BCUT2D eigenvalue weighted by atomic mass is 35.5. The summed E-state index contributed by atoms with van der Waals surface area (Å²) in [4.78, 5) is 15.8. The highest BCUT2D eigenvalue weighted by molar-refractivity contribution is 6.30. The Morgan fingerprint density at radius 2 is 1.96 bits per heavy atom. The number of hydrogen-bond donors (Lipinski definition) is 1. The van der Waals surface area contributed by atoms with E-state index >= 15 is 0 Å². The molecule has 0 saturated carbocycles. The third-order valence-corrected chi connectivity index (χ3v) is 3.62. The third kappa shape index (κ3) is 5.60. The molecule has 26 heavy (non-hydrogen) atoms. The molecule has 1 aromatic carbocycles. The van der Waals surface area contributed by atoms with Crippen LogP contribution >= 0.6 is 11.6 Å². The average molecular weight is 389 g/mol. The molecule has 0 aliphatic heterocycles. The van der Waals surface area contributed by atoms with E-state index in [1.807, 2.05) is 0 Å². The van der Waals surface area contributed by atoms with Gasteiger partial charge in [0.2, 0.25) is 5.88 Å². The summed E-state index contributed by atoms with van der Waals surface area (Å²) in [6.07, 6.45) is -3.99. The van der Waals surface area contributed by atoms with Gasteiger partial charge in [-0.25, -0.2) is 4.98 Å². The minimum absolute atomic E-state index is 0.206. The molecule has 1 N–H and O–H groups in total. The highest BCUT2D eigenvalue weighted by Gasteiger charge is 2.29. The Kier molecular flexibility index (Phi) is 6.44. The van der Waals surface area contributed by atoms with Crippen molar-refractivity contribution in [3.63, 3.8) is 0 Å². The predicted molar refractivity (Wildman–Crippen MR) is 91.3 cm³/mol. The quantitative estimate of drug-likeness (QED) is 0.800. The first-order valence-corrected chi connectivity index (χ1v) is 7.86. The summed E-state index contributed by atoms with van der Waals surface area (Å²) in [7, 11) is 1.38. The predicted octanol–water partition coefficient (Wildman–Crippen LogP) is 4.32. The molecule has 0 radical (unpaired) electrons. The summed E-state index contributed by atoms with van der Waals surface area (Å²) in [6.45, 7) is 0.0800. The summed E-state index contributed by atoms with van der Waals surface area (Å²) in [6, 6.07) is 7.87. The molecule has 0 bridgehead atoms. The van der Waals surface area contributed by atoms with Crippen molar-refractivity contribution < 1.29 is 27.4 Å². The fourth-order valence-electron chi connectivity index (χ4n) is 1.97. The molecule has 0 saturated heterocycles. The van der Waals surface area contributed by atoms with E-state index in [9.17, 15) is 18.0 Å². The number of hydrogen-bond acceptors (Lipinski definition) is 4. The van der Waals surface area contributed by atoms with E-state index in [4.69, 9.17) is 21.1 Å². The van der Waals surface area contributed by atoms with Crippen molar-refractivity contribution in [2.45, 2.75) is 19.2 Å². The largest absolute Gasteiger partial charge is 0.468 e. The van der Waals surface area contributed by atoms with Gasteiger partial charge in [-0.05, 0) is 30.7 Å². The Bertz CT molecular complexity index is 767. The number of alkyl halides is 3. The van der Waals surface area contributed by atoms with Crippen molar-refractivity contribution >= 4 is 23.2 Å². The standard InChI is InChI=1S/C17H16ClF3N2O3/c1-10(25-2)15(24)23-13-7-14(11-3-5-12(18)6-4-11)16(22-8-13)26-9-17(19,20)21/h3-8,10H,9H2,1-2H3,(H,23,24)/t10-/m1/s1. The molecular weight excluding hydrogens is 373 g/mol. The molecule has 0 unspecified atom stereocenters. The number of pyridine rings is 1. The molecule has 2 aromatic rings. The maximum absolute atomic E-state index is 12.5. The van der Waals surface area contributed by atoms with E-state index in [0.717, 1.165) is 0 Å². The first-order valence-electron chi connectivity index (χ1n) is 7.49. The number of nitrogens with one attached hydrogen (secondary N) is 1. The van der Waals surface area contributed by atoms with E-state index in [1.165, 1.54) is 19.4 Å². The first-order chi connectivity index (χ1) is 12.2. The van der Waals surface area contributed by atoms with Gasteiger partial charge in [0.25, 0.3) is 5.91 Å². The van der Waals surface area contributed by atoms with Crippen LogP contribution in [0, 0.1) is 0 Å². The molecule has 9 heteroatoms. The number of nitrogens with zero attached hydrogens (tertiary/aromatic N) is 1. The number of carbonyl (C=O) groups excluding carboxylic acids is 1. The summed E-state index contributed by atoms with van der Waals surface area (Å²) >= 11 is 5.84. The first kappa shape index (κ1) is 20.0. The van der Waals surface area contributed by atoms with Crippen LogP contribution in [0.5, 0.6) is 5.88 Å². The van der Waals surface area contributed by atoms with Crippen LogP contribution in [0.15, 0.2) is 36.5 Å². The van der Waals surface area contributed by atoms with Crippen LogP contribution in [0.2, 0.25) is 5.02 Å². The number of carbonyl (C=O) groups is 1. The summed E-state index contributed by atoms with van der Waals surface area (Å²) in [5, 5.41) is 3.05. The van der Waals surface area contributed by atoms with Gasteiger partial charge < -0.3 is 14.8 Å². The summed E-state index contributed by atoms with van der Waals surface area (Å²) in [5.74, 6) is -0.622. The number of ether oxygens (including phenoxy) is 2. The van der Waals surface area contributed by atoms with E-state index in [-0.39, 0.29) is 11.4 Å². The molecule has 0 spiro atoms. The van der Waals surface area contributed by atoms with Crippen LogP contribution in [0.1, 0.15) is 6.92 Å². The Hall–Kier alpha value is -2.32. The smallest absolute Gasteiger partial charge is 0.422 e. The van der Waals surface area contributed by atoms with Crippen LogP contribution < -0.4 is 10.1 Å². The normalized spacial score (nSPS) is 12.5. The van der Waals surface area contributed by atoms with E-state index in [2.05, 4.69) is 10.3 Å². The number of halogens is 4. The van der Waals surface area contributed by atoms with Crippen molar-refractivity contribution in [1.82, 2.24) is 4.98 Å². The monoisotopic (exact) mass is 388 g/mol.